The van der Waals surface area contributed by atoms with E-state index in [2.05, 4.69) is 56.0 Å². The van der Waals surface area contributed by atoms with Crippen molar-refractivity contribution >= 4 is 29.8 Å². The van der Waals surface area contributed by atoms with Crippen LogP contribution >= 0.6 is 0 Å². The minimum Gasteiger partial charge on any atom is -0.493 e. The lowest BCUT2D eigenvalue weighted by molar-refractivity contribution is -0.0206. The van der Waals surface area contributed by atoms with Crippen LogP contribution in [0.5, 0.6) is 5.75 Å². The average Bonchev–Trinajstić information content (AvgIpc) is 3.83. The van der Waals surface area contributed by atoms with Gasteiger partial charge in [-0.25, -0.2) is 28.3 Å². The molecule has 2 amide bonds. The Labute approximate surface area is 298 Å². The fourth-order valence-electron chi connectivity index (χ4n) is 7.09. The Morgan fingerprint density at radius 1 is 1.02 bits per heavy atom. The molecular formula is C38H46F2N8O3. The summed E-state index contributed by atoms with van der Waals surface area (Å²) in [4.78, 5) is 23.4. The number of amides is 2. The smallest absolute Gasteiger partial charge is 0.344 e. The highest BCUT2D eigenvalue weighted by molar-refractivity contribution is 5.91. The Morgan fingerprint density at radius 3 is 2.24 bits per heavy atom. The first-order valence-electron chi connectivity index (χ1n) is 17.5. The number of benzene rings is 3. The molecule has 0 saturated carbocycles. The second-order valence-corrected chi connectivity index (χ2v) is 13.2. The van der Waals surface area contributed by atoms with Gasteiger partial charge in [-0.1, -0.05) is 19.9 Å². The molecule has 0 radical (unpaired) electrons. The number of carbonyl (C=O) groups excluding carboxylic acids is 1. The highest BCUT2D eigenvalue weighted by Gasteiger charge is 2.44. The number of halogens is 2. The number of hydrogen-bond donors (Lipinski definition) is 0. The number of carbonyl (C=O) groups is 1. The monoisotopic (exact) mass is 700 g/mol. The molecule has 2 unspecified atom stereocenters. The van der Waals surface area contributed by atoms with Gasteiger partial charge in [-0.2, -0.15) is 10.2 Å². The maximum Gasteiger partial charge on any atom is 0.344 e. The number of urea groups is 1. The van der Waals surface area contributed by atoms with E-state index in [1.54, 1.807) is 23.0 Å². The van der Waals surface area contributed by atoms with E-state index in [0.717, 1.165) is 67.9 Å². The van der Waals surface area contributed by atoms with Crippen molar-refractivity contribution in [1.82, 2.24) is 19.8 Å². The van der Waals surface area contributed by atoms with Gasteiger partial charge in [0, 0.05) is 74.6 Å². The highest BCUT2D eigenvalue weighted by Crippen LogP contribution is 2.42. The Hall–Kier alpha value is -5.04. The zero-order valence-corrected chi connectivity index (χ0v) is 29.5. The Bertz CT molecular complexity index is 1750. The van der Waals surface area contributed by atoms with Gasteiger partial charge in [0.15, 0.2) is 0 Å². The molecule has 2 fully saturated rings. The number of aromatic nitrogens is 3. The van der Waals surface area contributed by atoms with E-state index in [4.69, 9.17) is 9.47 Å². The summed E-state index contributed by atoms with van der Waals surface area (Å²) in [5.74, 6) is -0.539. The van der Waals surface area contributed by atoms with E-state index < -0.39 is 17.2 Å². The van der Waals surface area contributed by atoms with Gasteiger partial charge >= 0.3 is 6.03 Å². The van der Waals surface area contributed by atoms with Crippen LogP contribution in [0, 0.1) is 17.6 Å². The third-order valence-corrected chi connectivity index (χ3v) is 10.0. The van der Waals surface area contributed by atoms with Gasteiger partial charge in [-0.15, -0.1) is 0 Å². The van der Waals surface area contributed by atoms with Crippen molar-refractivity contribution in [2.45, 2.75) is 51.3 Å². The standard InChI is InChI=1S/C38H46F2N8O3/c1-5-30(6-2)48(41-3)37(49)44(4)31-8-10-32(11-9-31)45-17-19-46(20-18-45)33-12-14-34(15-13-33)50-23-28-22-38(51-24-28,25-47-27-42-26-43-47)35-16-7-29(39)21-36(35)40/h7-16,21,26-28,30H,3,5-6,17-20,22-25H2,1-2,4H3. The van der Waals surface area contributed by atoms with Gasteiger partial charge in [0.05, 0.1) is 25.8 Å². The number of anilines is 3. The topological polar surface area (TPSA) is 91.6 Å². The summed E-state index contributed by atoms with van der Waals surface area (Å²) in [7, 11) is 1.77. The SMILES string of the molecule is C=NN(C(=O)N(C)c1ccc(N2CCN(c3ccc(OCC4COC(Cn5cncn5)(c5ccc(F)cc5F)C4)cc3)CC2)cc1)C(CC)CC. The maximum atomic E-state index is 15.0. The number of piperazine rings is 1. The van der Waals surface area contributed by atoms with Crippen LogP contribution in [0.2, 0.25) is 0 Å². The van der Waals surface area contributed by atoms with Crippen molar-refractivity contribution < 1.29 is 23.0 Å². The van der Waals surface area contributed by atoms with Crippen LogP contribution in [0.4, 0.5) is 30.6 Å². The molecule has 4 aromatic rings. The lowest BCUT2D eigenvalue weighted by Gasteiger charge is -2.37. The lowest BCUT2D eigenvalue weighted by atomic mass is 9.87. The molecule has 0 N–H and O–H groups in total. The third-order valence-electron chi connectivity index (χ3n) is 10.0. The van der Waals surface area contributed by atoms with Crippen molar-refractivity contribution in [3.8, 4) is 5.75 Å². The zero-order chi connectivity index (χ0) is 36.0. The van der Waals surface area contributed by atoms with Crippen molar-refractivity contribution in [2.75, 3.05) is 61.1 Å². The average molecular weight is 701 g/mol. The quantitative estimate of drug-likeness (QED) is 0.115. The maximum absolute atomic E-state index is 15.0. The Balaban J connectivity index is 1.00. The minimum atomic E-state index is -1.01. The summed E-state index contributed by atoms with van der Waals surface area (Å²) in [5, 5.41) is 9.67. The molecule has 1 aromatic heterocycles. The molecule has 3 aromatic carbocycles. The summed E-state index contributed by atoms with van der Waals surface area (Å²) >= 11 is 0. The molecule has 270 valence electrons. The molecule has 13 heteroatoms. The number of nitrogens with zero attached hydrogens (tertiary/aromatic N) is 8. The summed E-state index contributed by atoms with van der Waals surface area (Å²) in [6, 6.07) is 19.6. The molecule has 0 bridgehead atoms. The van der Waals surface area contributed by atoms with Crippen LogP contribution in [0.3, 0.4) is 0 Å². The van der Waals surface area contributed by atoms with Gasteiger partial charge in [0.2, 0.25) is 0 Å². The predicted octanol–water partition coefficient (Wildman–Crippen LogP) is 6.56. The van der Waals surface area contributed by atoms with Gasteiger partial charge in [-0.3, -0.25) is 4.90 Å². The van der Waals surface area contributed by atoms with Crippen LogP contribution in [0.1, 0.15) is 38.7 Å². The summed E-state index contributed by atoms with van der Waals surface area (Å²) in [6.45, 7) is 12.2. The first-order valence-corrected chi connectivity index (χ1v) is 17.5. The van der Waals surface area contributed by atoms with Gasteiger partial charge < -0.3 is 19.3 Å². The summed E-state index contributed by atoms with van der Waals surface area (Å²) in [6.07, 6.45) is 5.09. The molecule has 2 aliphatic rings. The third kappa shape index (κ3) is 7.98. The fourth-order valence-corrected chi connectivity index (χ4v) is 7.09. The van der Waals surface area contributed by atoms with Crippen LogP contribution < -0.4 is 19.4 Å². The van der Waals surface area contributed by atoms with Crippen LogP contribution in [-0.2, 0) is 16.9 Å². The molecular weight excluding hydrogens is 654 g/mol. The number of ether oxygens (including phenoxy) is 2. The molecule has 0 spiro atoms. The number of rotatable bonds is 13. The second-order valence-electron chi connectivity index (χ2n) is 13.2. The molecule has 51 heavy (non-hydrogen) atoms. The predicted molar refractivity (Wildman–Crippen MR) is 194 cm³/mol. The molecule has 0 aliphatic carbocycles. The fraction of sp³-hybridized carbons (Fsp3) is 0.421. The van der Waals surface area contributed by atoms with Crippen molar-refractivity contribution in [3.05, 3.63) is 96.6 Å². The van der Waals surface area contributed by atoms with E-state index in [1.165, 1.54) is 23.5 Å². The second kappa shape index (κ2) is 15.9. The normalized spacial score (nSPS) is 19.0. The van der Waals surface area contributed by atoms with E-state index in [1.807, 2.05) is 38.1 Å². The summed E-state index contributed by atoms with van der Waals surface area (Å²) < 4.78 is 42.7. The van der Waals surface area contributed by atoms with Crippen LogP contribution in [-0.4, -0.2) is 85.0 Å². The van der Waals surface area contributed by atoms with Gasteiger partial charge in [0.1, 0.15) is 35.6 Å². The van der Waals surface area contributed by atoms with Crippen molar-refractivity contribution in [3.63, 3.8) is 0 Å². The number of hydrogen-bond acceptors (Lipinski definition) is 8. The van der Waals surface area contributed by atoms with E-state index in [9.17, 15) is 13.6 Å². The molecule has 6 rings (SSSR count). The molecule has 2 aliphatic heterocycles. The first-order chi connectivity index (χ1) is 24.7. The largest absolute Gasteiger partial charge is 0.493 e. The summed E-state index contributed by atoms with van der Waals surface area (Å²) in [5.41, 5.74) is 2.33. The highest BCUT2D eigenvalue weighted by atomic mass is 19.1. The molecule has 11 nitrogen and oxygen atoms in total. The first kappa shape index (κ1) is 35.8. The van der Waals surface area contributed by atoms with Crippen LogP contribution in [0.15, 0.2) is 84.5 Å². The van der Waals surface area contributed by atoms with Gasteiger partial charge in [0.25, 0.3) is 0 Å². The zero-order valence-electron chi connectivity index (χ0n) is 29.5. The molecule has 2 atom stereocenters. The Kier molecular flexibility index (Phi) is 11.1. The molecule has 2 saturated heterocycles. The van der Waals surface area contributed by atoms with Gasteiger partial charge in [-0.05, 0) is 73.9 Å². The Morgan fingerprint density at radius 2 is 1.67 bits per heavy atom. The van der Waals surface area contributed by atoms with E-state index >= 15 is 0 Å². The van der Waals surface area contributed by atoms with Crippen LogP contribution in [0.25, 0.3) is 0 Å². The number of hydrazone groups is 1. The van der Waals surface area contributed by atoms with E-state index in [0.29, 0.717) is 25.2 Å². The minimum absolute atomic E-state index is 0.00555. The lowest BCUT2D eigenvalue weighted by Crippen LogP contribution is -2.46. The van der Waals surface area contributed by atoms with E-state index in [-0.39, 0.29) is 24.5 Å². The molecule has 3 heterocycles. The van der Waals surface area contributed by atoms with Crippen molar-refractivity contribution in [2.24, 2.45) is 11.0 Å². The van der Waals surface area contributed by atoms with Crippen molar-refractivity contribution in [1.29, 1.82) is 0 Å².